The second-order valence-corrected chi connectivity index (χ2v) is 6.70. The van der Waals surface area contributed by atoms with Crippen LogP contribution in [-0.4, -0.2) is 30.3 Å². The third kappa shape index (κ3) is 6.42. The lowest BCUT2D eigenvalue weighted by Gasteiger charge is -2.13. The SMILES string of the molecule is CC(C)NC(=O)c1ccccc1NC(=O)C(=O)NCCc1ccc(Cl)cc1. The Morgan fingerprint density at radius 3 is 2.30 bits per heavy atom. The van der Waals surface area contributed by atoms with Crippen molar-refractivity contribution in [2.75, 3.05) is 11.9 Å². The summed E-state index contributed by atoms with van der Waals surface area (Å²) < 4.78 is 0. The minimum atomic E-state index is -0.823. The molecule has 2 rings (SSSR count). The van der Waals surface area contributed by atoms with Gasteiger partial charge in [-0.15, -0.1) is 0 Å². The van der Waals surface area contributed by atoms with Crippen LogP contribution in [0.15, 0.2) is 48.5 Å². The number of para-hydroxylation sites is 1. The summed E-state index contributed by atoms with van der Waals surface area (Å²) >= 11 is 5.83. The minimum Gasteiger partial charge on any atom is -0.350 e. The molecule has 0 heterocycles. The van der Waals surface area contributed by atoms with Crippen molar-refractivity contribution in [2.45, 2.75) is 26.3 Å². The molecule has 0 fully saturated rings. The second kappa shape index (κ2) is 9.73. The Morgan fingerprint density at radius 2 is 1.63 bits per heavy atom. The van der Waals surface area contributed by atoms with Crippen LogP contribution in [0.1, 0.15) is 29.8 Å². The molecule has 2 aromatic rings. The predicted octanol–water partition coefficient (Wildman–Crippen LogP) is 2.78. The van der Waals surface area contributed by atoms with Gasteiger partial charge in [0.1, 0.15) is 0 Å². The van der Waals surface area contributed by atoms with Gasteiger partial charge in [0.25, 0.3) is 5.91 Å². The molecule has 0 aliphatic rings. The number of benzene rings is 2. The summed E-state index contributed by atoms with van der Waals surface area (Å²) in [6.45, 7) is 3.99. The number of carbonyl (C=O) groups is 3. The number of halogens is 1. The zero-order chi connectivity index (χ0) is 19.8. The van der Waals surface area contributed by atoms with Crippen LogP contribution in [-0.2, 0) is 16.0 Å². The van der Waals surface area contributed by atoms with Crippen LogP contribution in [0.5, 0.6) is 0 Å². The lowest BCUT2D eigenvalue weighted by atomic mass is 10.1. The van der Waals surface area contributed by atoms with E-state index in [1.807, 2.05) is 26.0 Å². The summed E-state index contributed by atoms with van der Waals surface area (Å²) in [5.74, 6) is -1.90. The molecule has 7 heteroatoms. The van der Waals surface area contributed by atoms with Gasteiger partial charge in [-0.3, -0.25) is 14.4 Å². The standard InChI is InChI=1S/C20H22ClN3O3/c1-13(2)23-18(25)16-5-3-4-6-17(16)24-20(27)19(26)22-12-11-14-7-9-15(21)10-8-14/h3-10,13H,11-12H2,1-2H3,(H,22,26)(H,23,25)(H,24,27). The van der Waals surface area contributed by atoms with Gasteiger partial charge >= 0.3 is 11.8 Å². The molecule has 0 radical (unpaired) electrons. The van der Waals surface area contributed by atoms with E-state index >= 15 is 0 Å². The topological polar surface area (TPSA) is 87.3 Å². The van der Waals surface area contributed by atoms with E-state index in [9.17, 15) is 14.4 Å². The average molecular weight is 388 g/mol. The molecule has 0 spiro atoms. The first-order valence-corrected chi connectivity index (χ1v) is 8.98. The highest BCUT2D eigenvalue weighted by Gasteiger charge is 2.17. The van der Waals surface area contributed by atoms with Gasteiger partial charge in [0.15, 0.2) is 0 Å². The van der Waals surface area contributed by atoms with E-state index in [-0.39, 0.29) is 17.6 Å². The fraction of sp³-hybridized carbons (Fsp3) is 0.250. The number of amides is 3. The monoisotopic (exact) mass is 387 g/mol. The molecule has 3 N–H and O–H groups in total. The smallest absolute Gasteiger partial charge is 0.313 e. The number of anilines is 1. The third-order valence-corrected chi connectivity index (χ3v) is 3.91. The second-order valence-electron chi connectivity index (χ2n) is 6.26. The summed E-state index contributed by atoms with van der Waals surface area (Å²) in [6.07, 6.45) is 0.573. The molecule has 0 aliphatic carbocycles. The lowest BCUT2D eigenvalue weighted by molar-refractivity contribution is -0.136. The molecule has 142 valence electrons. The van der Waals surface area contributed by atoms with E-state index in [1.165, 1.54) is 0 Å². The molecule has 0 unspecified atom stereocenters. The van der Waals surface area contributed by atoms with Gasteiger partial charge in [0, 0.05) is 17.6 Å². The molecule has 2 aromatic carbocycles. The zero-order valence-corrected chi connectivity index (χ0v) is 16.0. The van der Waals surface area contributed by atoms with Crippen molar-refractivity contribution in [1.82, 2.24) is 10.6 Å². The van der Waals surface area contributed by atoms with Gasteiger partial charge in [-0.25, -0.2) is 0 Å². The highest BCUT2D eigenvalue weighted by atomic mass is 35.5. The quantitative estimate of drug-likeness (QED) is 0.666. The highest BCUT2D eigenvalue weighted by molar-refractivity contribution is 6.40. The van der Waals surface area contributed by atoms with Gasteiger partial charge in [-0.05, 0) is 50.1 Å². The van der Waals surface area contributed by atoms with Crippen LogP contribution in [0.3, 0.4) is 0 Å². The summed E-state index contributed by atoms with van der Waals surface area (Å²) in [6, 6.07) is 13.8. The van der Waals surface area contributed by atoms with Gasteiger partial charge in [-0.2, -0.15) is 0 Å². The van der Waals surface area contributed by atoms with Crippen molar-refractivity contribution < 1.29 is 14.4 Å². The third-order valence-electron chi connectivity index (χ3n) is 3.66. The summed E-state index contributed by atoms with van der Waals surface area (Å²) in [4.78, 5) is 36.3. The molecular weight excluding hydrogens is 366 g/mol. The molecule has 0 saturated carbocycles. The fourth-order valence-corrected chi connectivity index (χ4v) is 2.49. The number of rotatable bonds is 6. The van der Waals surface area contributed by atoms with Crippen molar-refractivity contribution in [3.05, 3.63) is 64.7 Å². The van der Waals surface area contributed by atoms with Crippen LogP contribution in [0.2, 0.25) is 5.02 Å². The molecule has 0 atom stereocenters. The Hall–Kier alpha value is -2.86. The Balaban J connectivity index is 1.91. The molecule has 0 aromatic heterocycles. The normalized spacial score (nSPS) is 10.4. The Morgan fingerprint density at radius 1 is 0.963 bits per heavy atom. The Kier molecular flexibility index (Phi) is 7.37. The maximum absolute atomic E-state index is 12.2. The van der Waals surface area contributed by atoms with Crippen LogP contribution < -0.4 is 16.0 Å². The van der Waals surface area contributed by atoms with Crippen LogP contribution in [0, 0.1) is 0 Å². The zero-order valence-electron chi connectivity index (χ0n) is 15.2. The minimum absolute atomic E-state index is 0.0441. The summed E-state index contributed by atoms with van der Waals surface area (Å²) in [5, 5.41) is 8.45. The van der Waals surface area contributed by atoms with Gasteiger partial charge in [0.2, 0.25) is 0 Å². The number of hydrogen-bond donors (Lipinski definition) is 3. The van der Waals surface area contributed by atoms with Gasteiger partial charge < -0.3 is 16.0 Å². The molecule has 3 amide bonds. The van der Waals surface area contributed by atoms with Crippen LogP contribution in [0.4, 0.5) is 5.69 Å². The van der Waals surface area contributed by atoms with E-state index in [2.05, 4.69) is 16.0 Å². The molecule has 27 heavy (non-hydrogen) atoms. The first kappa shape index (κ1) is 20.5. The Labute approximate surface area is 163 Å². The van der Waals surface area contributed by atoms with E-state index in [4.69, 9.17) is 11.6 Å². The predicted molar refractivity (Wildman–Crippen MR) is 106 cm³/mol. The van der Waals surface area contributed by atoms with Crippen molar-refractivity contribution in [1.29, 1.82) is 0 Å². The molecular formula is C20H22ClN3O3. The van der Waals surface area contributed by atoms with E-state index in [0.29, 0.717) is 23.6 Å². The maximum atomic E-state index is 12.2. The van der Waals surface area contributed by atoms with Crippen molar-refractivity contribution in [2.24, 2.45) is 0 Å². The molecule has 0 aliphatic heterocycles. The number of carbonyl (C=O) groups excluding carboxylic acids is 3. The van der Waals surface area contributed by atoms with Gasteiger partial charge in [0.05, 0.1) is 11.3 Å². The van der Waals surface area contributed by atoms with Crippen molar-refractivity contribution >= 4 is 35.0 Å². The van der Waals surface area contributed by atoms with Crippen molar-refractivity contribution in [3.8, 4) is 0 Å². The highest BCUT2D eigenvalue weighted by Crippen LogP contribution is 2.15. The molecule has 0 saturated heterocycles. The largest absolute Gasteiger partial charge is 0.350 e. The lowest BCUT2D eigenvalue weighted by Crippen LogP contribution is -2.37. The van der Waals surface area contributed by atoms with Crippen molar-refractivity contribution in [3.63, 3.8) is 0 Å². The first-order chi connectivity index (χ1) is 12.9. The van der Waals surface area contributed by atoms with E-state index < -0.39 is 11.8 Å². The van der Waals surface area contributed by atoms with E-state index in [0.717, 1.165) is 5.56 Å². The van der Waals surface area contributed by atoms with Crippen LogP contribution >= 0.6 is 11.6 Å². The first-order valence-electron chi connectivity index (χ1n) is 8.60. The molecule has 6 nitrogen and oxygen atoms in total. The number of nitrogens with one attached hydrogen (secondary N) is 3. The number of hydrogen-bond acceptors (Lipinski definition) is 3. The molecule has 0 bridgehead atoms. The van der Waals surface area contributed by atoms with Crippen LogP contribution in [0.25, 0.3) is 0 Å². The Bertz CT molecular complexity index is 819. The average Bonchev–Trinajstić information content (AvgIpc) is 2.63. The maximum Gasteiger partial charge on any atom is 0.313 e. The van der Waals surface area contributed by atoms with Gasteiger partial charge in [-0.1, -0.05) is 35.9 Å². The van der Waals surface area contributed by atoms with E-state index in [1.54, 1.807) is 36.4 Å². The summed E-state index contributed by atoms with van der Waals surface area (Å²) in [5.41, 5.74) is 1.58. The summed E-state index contributed by atoms with van der Waals surface area (Å²) in [7, 11) is 0. The fourth-order valence-electron chi connectivity index (χ4n) is 2.36.